The smallest absolute Gasteiger partial charge is 0.337 e. The first-order valence-corrected chi connectivity index (χ1v) is 7.88. The highest BCUT2D eigenvalue weighted by Gasteiger charge is 2.18. The lowest BCUT2D eigenvalue weighted by molar-refractivity contribution is 0.0697. The lowest BCUT2D eigenvalue weighted by Gasteiger charge is -2.23. The molecule has 0 heterocycles. The zero-order chi connectivity index (χ0) is 15.5. The molecule has 0 amide bonds. The van der Waals surface area contributed by atoms with Gasteiger partial charge in [-0.2, -0.15) is 0 Å². The van der Waals surface area contributed by atoms with E-state index >= 15 is 0 Å². The van der Waals surface area contributed by atoms with Crippen LogP contribution < -0.4 is 10.5 Å². The first-order valence-electron chi connectivity index (χ1n) is 6.33. The van der Waals surface area contributed by atoms with Crippen LogP contribution in [-0.2, 0) is 10.0 Å². The van der Waals surface area contributed by atoms with E-state index in [0.717, 1.165) is 12.5 Å². The molecule has 6 nitrogen and oxygen atoms in total. The van der Waals surface area contributed by atoms with E-state index in [1.54, 1.807) is 0 Å². The Labute approximate surface area is 119 Å². The Morgan fingerprint density at radius 1 is 1.40 bits per heavy atom. The summed E-state index contributed by atoms with van der Waals surface area (Å²) in [6.45, 7) is 6.05. The second kappa shape index (κ2) is 6.23. The van der Waals surface area contributed by atoms with Crippen LogP contribution in [0.2, 0.25) is 0 Å². The van der Waals surface area contributed by atoms with Gasteiger partial charge in [0.1, 0.15) is 0 Å². The molecule has 0 aromatic heterocycles. The van der Waals surface area contributed by atoms with E-state index in [1.807, 2.05) is 20.8 Å². The highest BCUT2D eigenvalue weighted by Crippen LogP contribution is 2.23. The van der Waals surface area contributed by atoms with Crippen molar-refractivity contribution in [1.82, 2.24) is 0 Å². The Hall–Kier alpha value is -1.60. The van der Waals surface area contributed by atoms with Crippen molar-refractivity contribution in [1.29, 1.82) is 0 Å². The zero-order valence-electron chi connectivity index (χ0n) is 11.8. The number of carbonyl (C=O) groups is 1. The van der Waals surface area contributed by atoms with Crippen molar-refractivity contribution >= 4 is 21.7 Å². The predicted molar refractivity (Wildman–Crippen MR) is 77.3 cm³/mol. The van der Waals surface area contributed by atoms with E-state index in [-0.39, 0.29) is 16.5 Å². The van der Waals surface area contributed by atoms with Gasteiger partial charge in [-0.1, -0.05) is 20.8 Å². The third kappa shape index (κ3) is 3.94. The van der Waals surface area contributed by atoms with E-state index in [9.17, 15) is 18.3 Å². The van der Waals surface area contributed by atoms with Crippen molar-refractivity contribution < 1.29 is 18.3 Å². The summed E-state index contributed by atoms with van der Waals surface area (Å²) in [5.41, 5.74) is 0.293. The van der Waals surface area contributed by atoms with Gasteiger partial charge in [0.15, 0.2) is 0 Å². The molecule has 0 fully saturated rings. The minimum atomic E-state index is -3.92. The van der Waals surface area contributed by atoms with Crippen LogP contribution in [0.25, 0.3) is 0 Å². The van der Waals surface area contributed by atoms with E-state index < -0.39 is 16.0 Å². The van der Waals surface area contributed by atoms with Gasteiger partial charge in [-0.05, 0) is 30.5 Å². The predicted octanol–water partition coefficient (Wildman–Crippen LogP) is 1.88. The average molecular weight is 300 g/mol. The molecule has 0 saturated heterocycles. The quantitative estimate of drug-likeness (QED) is 0.743. The second-order valence-electron chi connectivity index (χ2n) is 4.96. The molecule has 0 spiro atoms. The van der Waals surface area contributed by atoms with Gasteiger partial charge in [0, 0.05) is 11.7 Å². The highest BCUT2D eigenvalue weighted by atomic mass is 32.2. The fourth-order valence-electron chi connectivity index (χ4n) is 1.94. The fourth-order valence-corrected chi connectivity index (χ4v) is 2.48. The van der Waals surface area contributed by atoms with Crippen LogP contribution in [0.3, 0.4) is 0 Å². The minimum absolute atomic E-state index is 0.101. The number of hydrogen-bond donors (Lipinski definition) is 3. The number of carboxylic acid groups (broad SMARTS) is 1. The molecule has 0 aliphatic carbocycles. The number of hydrogen-bond acceptors (Lipinski definition) is 4. The van der Waals surface area contributed by atoms with E-state index in [0.29, 0.717) is 11.6 Å². The third-order valence-corrected chi connectivity index (χ3v) is 4.05. The number of aromatic carboxylic acids is 1. The number of rotatable bonds is 6. The maximum Gasteiger partial charge on any atom is 0.337 e. The van der Waals surface area contributed by atoms with Gasteiger partial charge < -0.3 is 10.4 Å². The van der Waals surface area contributed by atoms with Crippen LogP contribution >= 0.6 is 0 Å². The summed E-state index contributed by atoms with van der Waals surface area (Å²) in [6, 6.07) is 3.92. The zero-order valence-corrected chi connectivity index (χ0v) is 12.6. The molecule has 1 aromatic carbocycles. The van der Waals surface area contributed by atoms with Crippen LogP contribution in [0.5, 0.6) is 0 Å². The Balaban J connectivity index is 3.24. The molecule has 1 unspecified atom stereocenters. The first-order chi connectivity index (χ1) is 9.16. The molecule has 1 rings (SSSR count). The molecule has 0 aliphatic heterocycles. The maximum absolute atomic E-state index is 11.3. The van der Waals surface area contributed by atoms with Crippen LogP contribution in [0.4, 0.5) is 5.69 Å². The summed E-state index contributed by atoms with van der Waals surface area (Å²) < 4.78 is 22.5. The van der Waals surface area contributed by atoms with Gasteiger partial charge >= 0.3 is 5.97 Å². The Morgan fingerprint density at radius 3 is 2.40 bits per heavy atom. The molecule has 1 aromatic rings. The van der Waals surface area contributed by atoms with E-state index in [2.05, 4.69) is 5.32 Å². The van der Waals surface area contributed by atoms with E-state index in [1.165, 1.54) is 12.1 Å². The Morgan fingerprint density at radius 2 is 2.00 bits per heavy atom. The summed E-state index contributed by atoms with van der Waals surface area (Å²) in [5.74, 6) is -0.879. The summed E-state index contributed by atoms with van der Waals surface area (Å²) in [4.78, 5) is 11.1. The lowest BCUT2D eigenvalue weighted by Crippen LogP contribution is -2.26. The molecule has 0 aliphatic rings. The largest absolute Gasteiger partial charge is 0.478 e. The normalized spacial score (nSPS) is 13.2. The monoisotopic (exact) mass is 300 g/mol. The van der Waals surface area contributed by atoms with Crippen molar-refractivity contribution in [2.45, 2.75) is 38.1 Å². The number of anilines is 1. The van der Waals surface area contributed by atoms with Crippen LogP contribution in [0.1, 0.15) is 37.6 Å². The molecular weight excluding hydrogens is 280 g/mol. The second-order valence-corrected chi connectivity index (χ2v) is 6.52. The minimum Gasteiger partial charge on any atom is -0.478 e. The molecule has 0 saturated carbocycles. The molecule has 7 heteroatoms. The maximum atomic E-state index is 11.3. The fraction of sp³-hybridized carbons (Fsp3) is 0.462. The van der Waals surface area contributed by atoms with Gasteiger partial charge in [0.25, 0.3) is 0 Å². The number of sulfonamides is 1. The van der Waals surface area contributed by atoms with Crippen LogP contribution in [0.15, 0.2) is 23.1 Å². The molecule has 112 valence electrons. The molecule has 0 bridgehead atoms. The van der Waals surface area contributed by atoms with Gasteiger partial charge in [-0.3, -0.25) is 0 Å². The Bertz CT molecular complexity index is 596. The van der Waals surface area contributed by atoms with Crippen LogP contribution in [0, 0.1) is 5.92 Å². The summed E-state index contributed by atoms with van der Waals surface area (Å²) in [7, 11) is -3.92. The number of carboxylic acids is 1. The van der Waals surface area contributed by atoms with Gasteiger partial charge in [0.05, 0.1) is 10.5 Å². The summed E-state index contributed by atoms with van der Waals surface area (Å²) in [5, 5.41) is 17.4. The Kier molecular flexibility index (Phi) is 5.13. The SMILES string of the molecule is CCC(Nc1ccc(S(N)(=O)=O)cc1C(=O)O)C(C)C. The number of primary sulfonamides is 1. The number of nitrogens with two attached hydrogens (primary N) is 1. The van der Waals surface area contributed by atoms with Crippen molar-refractivity contribution in [3.8, 4) is 0 Å². The average Bonchev–Trinajstić information content (AvgIpc) is 2.34. The topological polar surface area (TPSA) is 109 Å². The van der Waals surface area contributed by atoms with Crippen molar-refractivity contribution in [2.24, 2.45) is 11.1 Å². The molecule has 1 atom stereocenters. The van der Waals surface area contributed by atoms with Gasteiger partial charge in [0.2, 0.25) is 10.0 Å². The van der Waals surface area contributed by atoms with Crippen molar-refractivity contribution in [2.75, 3.05) is 5.32 Å². The van der Waals surface area contributed by atoms with Crippen molar-refractivity contribution in [3.63, 3.8) is 0 Å². The van der Waals surface area contributed by atoms with Gasteiger partial charge in [-0.15, -0.1) is 0 Å². The third-order valence-electron chi connectivity index (χ3n) is 3.14. The molecule has 4 N–H and O–H groups in total. The van der Waals surface area contributed by atoms with Crippen molar-refractivity contribution in [3.05, 3.63) is 23.8 Å². The number of nitrogens with one attached hydrogen (secondary N) is 1. The summed E-state index contributed by atoms with van der Waals surface area (Å²) in [6.07, 6.45) is 0.827. The lowest BCUT2D eigenvalue weighted by atomic mass is 10.0. The molecule has 20 heavy (non-hydrogen) atoms. The standard InChI is InChI=1S/C13H20N2O4S/c1-4-11(8(2)3)15-12-6-5-9(20(14,18)19)7-10(12)13(16)17/h5-8,11,15H,4H2,1-3H3,(H,16,17)(H2,14,18,19). The van der Waals surface area contributed by atoms with E-state index in [4.69, 9.17) is 5.14 Å². The molecule has 0 radical (unpaired) electrons. The first kappa shape index (κ1) is 16.5. The molecular formula is C13H20N2O4S. The van der Waals surface area contributed by atoms with Crippen LogP contribution in [-0.4, -0.2) is 25.5 Å². The number of benzene rings is 1. The van der Waals surface area contributed by atoms with Gasteiger partial charge in [-0.25, -0.2) is 18.4 Å². The summed E-state index contributed by atoms with van der Waals surface area (Å²) >= 11 is 0. The highest BCUT2D eigenvalue weighted by molar-refractivity contribution is 7.89.